The SMILES string of the molecule is CN1CCC(O)(CCNC(=O)c2cc(I)cc(I)c2O)CC1. The maximum absolute atomic E-state index is 12.2. The van der Waals surface area contributed by atoms with Crippen LogP contribution in [0.4, 0.5) is 0 Å². The number of halogens is 2. The molecule has 1 heterocycles. The predicted octanol–water partition coefficient (Wildman–Crippen LogP) is 2.18. The van der Waals surface area contributed by atoms with Gasteiger partial charge in [0.05, 0.1) is 14.7 Å². The normalized spacial score (nSPS) is 18.2. The first-order valence-electron chi connectivity index (χ1n) is 7.18. The van der Waals surface area contributed by atoms with E-state index in [1.54, 1.807) is 6.07 Å². The van der Waals surface area contributed by atoms with E-state index in [2.05, 4.69) is 32.8 Å². The van der Waals surface area contributed by atoms with Crippen LogP contribution in [0.1, 0.15) is 29.6 Å². The molecule has 0 spiro atoms. The van der Waals surface area contributed by atoms with E-state index in [-0.39, 0.29) is 17.2 Å². The summed E-state index contributed by atoms with van der Waals surface area (Å²) in [6.45, 7) is 2.15. The number of rotatable bonds is 4. The van der Waals surface area contributed by atoms with Gasteiger partial charge in [0.1, 0.15) is 5.75 Å². The monoisotopic (exact) mass is 530 g/mol. The van der Waals surface area contributed by atoms with Crippen LogP contribution in [-0.4, -0.2) is 53.3 Å². The van der Waals surface area contributed by atoms with E-state index in [4.69, 9.17) is 0 Å². The quantitative estimate of drug-likeness (QED) is 0.523. The van der Waals surface area contributed by atoms with Crippen molar-refractivity contribution in [3.8, 4) is 5.75 Å². The smallest absolute Gasteiger partial charge is 0.255 e. The van der Waals surface area contributed by atoms with Crippen molar-refractivity contribution in [2.24, 2.45) is 0 Å². The van der Waals surface area contributed by atoms with Crippen molar-refractivity contribution in [2.45, 2.75) is 24.9 Å². The highest BCUT2D eigenvalue weighted by molar-refractivity contribution is 14.1. The predicted molar refractivity (Wildman–Crippen MR) is 102 cm³/mol. The molecule has 3 N–H and O–H groups in total. The molecule has 1 aromatic rings. The lowest BCUT2D eigenvalue weighted by Crippen LogP contribution is -2.44. The molecule has 1 fully saturated rings. The standard InChI is InChI=1S/C15H20I2N2O3/c1-19-6-3-15(22,4-7-19)2-5-18-14(21)11-8-10(16)9-12(17)13(11)20/h8-9,20,22H,2-7H2,1H3,(H,18,21). The van der Waals surface area contributed by atoms with Crippen LogP contribution in [0.3, 0.4) is 0 Å². The van der Waals surface area contributed by atoms with Gasteiger partial charge in [0.15, 0.2) is 0 Å². The van der Waals surface area contributed by atoms with Crippen LogP contribution >= 0.6 is 45.2 Å². The van der Waals surface area contributed by atoms with E-state index >= 15 is 0 Å². The van der Waals surface area contributed by atoms with Gasteiger partial charge in [-0.05, 0) is 83.6 Å². The topological polar surface area (TPSA) is 72.8 Å². The zero-order valence-corrected chi connectivity index (χ0v) is 16.7. The minimum atomic E-state index is -0.693. The van der Waals surface area contributed by atoms with Crippen LogP contribution in [0.5, 0.6) is 5.75 Å². The third-order valence-corrected chi connectivity index (χ3v) is 5.51. The highest BCUT2D eigenvalue weighted by Gasteiger charge is 2.30. The van der Waals surface area contributed by atoms with Crippen molar-refractivity contribution in [3.05, 3.63) is 24.8 Å². The molecule has 1 saturated heterocycles. The summed E-state index contributed by atoms with van der Waals surface area (Å²) in [6, 6.07) is 3.48. The molecule has 1 aliphatic heterocycles. The number of benzene rings is 1. The summed E-state index contributed by atoms with van der Waals surface area (Å²) in [5.74, 6) is -0.290. The average molecular weight is 530 g/mol. The number of phenols is 1. The molecule has 2 rings (SSSR count). The maximum atomic E-state index is 12.2. The molecule has 5 nitrogen and oxygen atoms in total. The van der Waals surface area contributed by atoms with E-state index in [1.165, 1.54) is 0 Å². The van der Waals surface area contributed by atoms with Gasteiger partial charge in [0, 0.05) is 23.2 Å². The third kappa shape index (κ3) is 4.68. The van der Waals surface area contributed by atoms with Gasteiger partial charge in [-0.25, -0.2) is 0 Å². The molecule has 1 aliphatic rings. The molecule has 0 saturated carbocycles. The van der Waals surface area contributed by atoms with Crippen LogP contribution < -0.4 is 5.32 Å². The van der Waals surface area contributed by atoms with Crippen LogP contribution in [0.2, 0.25) is 0 Å². The molecule has 0 radical (unpaired) electrons. The van der Waals surface area contributed by atoms with E-state index in [1.807, 2.05) is 35.7 Å². The molecule has 0 unspecified atom stereocenters. The fraction of sp³-hybridized carbons (Fsp3) is 0.533. The number of aromatic hydroxyl groups is 1. The summed E-state index contributed by atoms with van der Waals surface area (Å²) in [4.78, 5) is 14.4. The highest BCUT2D eigenvalue weighted by Crippen LogP contribution is 2.27. The minimum Gasteiger partial charge on any atom is -0.506 e. The Balaban J connectivity index is 1.91. The largest absolute Gasteiger partial charge is 0.506 e. The number of carbonyl (C=O) groups excluding carboxylic acids is 1. The molecular weight excluding hydrogens is 510 g/mol. The van der Waals surface area contributed by atoms with Gasteiger partial charge in [-0.15, -0.1) is 0 Å². The summed E-state index contributed by atoms with van der Waals surface area (Å²) < 4.78 is 1.56. The first-order chi connectivity index (χ1) is 10.3. The van der Waals surface area contributed by atoms with E-state index in [0.29, 0.717) is 16.5 Å². The fourth-order valence-electron chi connectivity index (χ4n) is 2.53. The Morgan fingerprint density at radius 2 is 2.00 bits per heavy atom. The van der Waals surface area contributed by atoms with Crippen LogP contribution in [0, 0.1) is 7.14 Å². The second-order valence-electron chi connectivity index (χ2n) is 5.82. The second-order valence-corrected chi connectivity index (χ2v) is 8.23. The zero-order valence-electron chi connectivity index (χ0n) is 12.4. The number of piperidine rings is 1. The Kier molecular flexibility index (Phi) is 6.31. The third-order valence-electron chi connectivity index (χ3n) is 4.07. The number of phenolic OH excluding ortho intramolecular Hbond substituents is 1. The van der Waals surface area contributed by atoms with Crippen molar-refractivity contribution in [1.29, 1.82) is 0 Å². The number of aliphatic hydroxyl groups is 1. The number of hydrogen-bond donors (Lipinski definition) is 3. The van der Waals surface area contributed by atoms with Crippen molar-refractivity contribution in [2.75, 3.05) is 26.7 Å². The van der Waals surface area contributed by atoms with Crippen molar-refractivity contribution in [1.82, 2.24) is 10.2 Å². The van der Waals surface area contributed by atoms with Crippen LogP contribution in [0.15, 0.2) is 12.1 Å². The van der Waals surface area contributed by atoms with Gasteiger partial charge < -0.3 is 20.4 Å². The lowest BCUT2D eigenvalue weighted by atomic mass is 9.88. The van der Waals surface area contributed by atoms with Gasteiger partial charge in [-0.3, -0.25) is 4.79 Å². The van der Waals surface area contributed by atoms with Crippen molar-refractivity contribution < 1.29 is 15.0 Å². The number of nitrogens with zero attached hydrogens (tertiary/aromatic N) is 1. The minimum absolute atomic E-state index is 0.0107. The van der Waals surface area contributed by atoms with Gasteiger partial charge in [0.25, 0.3) is 5.91 Å². The second kappa shape index (κ2) is 7.63. The summed E-state index contributed by atoms with van der Waals surface area (Å²) in [6.07, 6.45) is 1.99. The average Bonchev–Trinajstić information content (AvgIpc) is 2.46. The Morgan fingerprint density at radius 3 is 2.64 bits per heavy atom. The van der Waals surface area contributed by atoms with E-state index in [0.717, 1.165) is 29.5 Å². The molecule has 7 heteroatoms. The molecular formula is C15H20I2N2O3. The molecule has 122 valence electrons. The molecule has 0 aromatic heterocycles. The summed E-state index contributed by atoms with van der Waals surface area (Å²) >= 11 is 4.12. The number of carbonyl (C=O) groups is 1. The Labute approximate surface area is 157 Å². The van der Waals surface area contributed by atoms with Crippen molar-refractivity contribution >= 4 is 51.1 Å². The van der Waals surface area contributed by atoms with E-state index in [9.17, 15) is 15.0 Å². The Bertz CT molecular complexity index is 558. The van der Waals surface area contributed by atoms with Gasteiger partial charge in [-0.1, -0.05) is 0 Å². The Morgan fingerprint density at radius 1 is 1.36 bits per heavy atom. The molecule has 0 aliphatic carbocycles. The molecule has 1 aromatic carbocycles. The van der Waals surface area contributed by atoms with E-state index < -0.39 is 5.60 Å². The lowest BCUT2D eigenvalue weighted by molar-refractivity contribution is -0.0214. The van der Waals surface area contributed by atoms with Crippen LogP contribution in [-0.2, 0) is 0 Å². The first-order valence-corrected chi connectivity index (χ1v) is 9.34. The van der Waals surface area contributed by atoms with Crippen molar-refractivity contribution in [3.63, 3.8) is 0 Å². The number of likely N-dealkylation sites (tertiary alicyclic amines) is 1. The fourth-order valence-corrected chi connectivity index (χ4v) is 4.37. The van der Waals surface area contributed by atoms with Crippen LogP contribution in [0.25, 0.3) is 0 Å². The number of nitrogens with one attached hydrogen (secondary N) is 1. The van der Waals surface area contributed by atoms with Gasteiger partial charge >= 0.3 is 0 Å². The summed E-state index contributed by atoms with van der Waals surface area (Å²) in [5.41, 5.74) is -0.409. The number of hydrogen-bond acceptors (Lipinski definition) is 4. The first kappa shape index (κ1) is 18.2. The zero-order chi connectivity index (χ0) is 16.3. The lowest BCUT2D eigenvalue weighted by Gasteiger charge is -2.36. The summed E-state index contributed by atoms with van der Waals surface area (Å²) in [5, 5.41) is 23.3. The molecule has 1 amide bonds. The maximum Gasteiger partial charge on any atom is 0.255 e. The number of amides is 1. The van der Waals surface area contributed by atoms with Gasteiger partial charge in [0.2, 0.25) is 0 Å². The van der Waals surface area contributed by atoms with Gasteiger partial charge in [-0.2, -0.15) is 0 Å². The summed E-state index contributed by atoms with van der Waals surface area (Å²) in [7, 11) is 2.04. The molecule has 22 heavy (non-hydrogen) atoms. The molecule has 0 bridgehead atoms. The highest BCUT2D eigenvalue weighted by atomic mass is 127. The Hall–Kier alpha value is -0.130. The molecule has 0 atom stereocenters.